The monoisotopic (exact) mass is 409 g/mol. The SMILES string of the molecule is CCOC(=O)NC1CCCN(C(=O)C(C)n2c(-c3cccs3)n[nH]c2=S)C1. The van der Waals surface area contributed by atoms with E-state index in [1.165, 1.54) is 0 Å². The van der Waals surface area contributed by atoms with Gasteiger partial charge < -0.3 is 15.0 Å². The van der Waals surface area contributed by atoms with Crippen LogP contribution in [0.4, 0.5) is 4.79 Å². The maximum absolute atomic E-state index is 13.1. The highest BCUT2D eigenvalue weighted by molar-refractivity contribution is 7.71. The third kappa shape index (κ3) is 4.38. The average Bonchev–Trinajstić information content (AvgIpc) is 3.30. The molecule has 2 N–H and O–H groups in total. The fourth-order valence-electron chi connectivity index (χ4n) is 3.25. The van der Waals surface area contributed by atoms with Crippen molar-refractivity contribution in [3.8, 4) is 10.7 Å². The second kappa shape index (κ2) is 8.66. The van der Waals surface area contributed by atoms with Crippen LogP contribution in [-0.2, 0) is 9.53 Å². The van der Waals surface area contributed by atoms with Crippen LogP contribution in [0.25, 0.3) is 10.7 Å². The number of nitrogens with zero attached hydrogens (tertiary/aromatic N) is 3. The van der Waals surface area contributed by atoms with Gasteiger partial charge in [-0.2, -0.15) is 5.10 Å². The van der Waals surface area contributed by atoms with Crippen molar-refractivity contribution in [2.24, 2.45) is 0 Å². The molecule has 0 saturated carbocycles. The maximum atomic E-state index is 13.1. The predicted octanol–water partition coefficient (Wildman–Crippen LogP) is 2.97. The third-order valence-electron chi connectivity index (χ3n) is 4.52. The summed E-state index contributed by atoms with van der Waals surface area (Å²) in [6, 6.07) is 3.28. The molecular weight excluding hydrogens is 386 g/mol. The van der Waals surface area contributed by atoms with Crippen LogP contribution in [0, 0.1) is 4.77 Å². The maximum Gasteiger partial charge on any atom is 0.407 e. The van der Waals surface area contributed by atoms with Gasteiger partial charge in [-0.25, -0.2) is 4.79 Å². The molecule has 8 nitrogen and oxygen atoms in total. The number of hydrogen-bond donors (Lipinski definition) is 2. The standard InChI is InChI=1S/C17H23N5O3S2/c1-3-25-17(24)18-12-6-4-8-21(10-12)15(23)11(2)22-14(19-20-16(22)26)13-7-5-9-27-13/h5,7,9,11-12H,3-4,6,8,10H2,1-2H3,(H,18,24)(H,20,26). The molecule has 3 heterocycles. The summed E-state index contributed by atoms with van der Waals surface area (Å²) in [5.74, 6) is 0.620. The van der Waals surface area contributed by atoms with Crippen LogP contribution in [0.15, 0.2) is 17.5 Å². The van der Waals surface area contributed by atoms with Crippen molar-refractivity contribution >= 4 is 35.6 Å². The minimum atomic E-state index is -0.491. The van der Waals surface area contributed by atoms with Gasteiger partial charge in [-0.3, -0.25) is 14.5 Å². The zero-order valence-corrected chi connectivity index (χ0v) is 16.9. The van der Waals surface area contributed by atoms with E-state index in [4.69, 9.17) is 17.0 Å². The van der Waals surface area contributed by atoms with Crippen LogP contribution in [-0.4, -0.2) is 57.4 Å². The molecule has 0 spiro atoms. The molecule has 10 heteroatoms. The summed E-state index contributed by atoms with van der Waals surface area (Å²) in [4.78, 5) is 27.5. The Morgan fingerprint density at radius 1 is 1.56 bits per heavy atom. The van der Waals surface area contributed by atoms with Crippen molar-refractivity contribution in [1.82, 2.24) is 25.0 Å². The van der Waals surface area contributed by atoms with Gasteiger partial charge in [-0.1, -0.05) is 6.07 Å². The van der Waals surface area contributed by atoms with Gasteiger partial charge in [0.1, 0.15) is 6.04 Å². The molecule has 1 aliphatic heterocycles. The molecule has 2 atom stereocenters. The Bertz CT molecular complexity index is 845. The Hall–Kier alpha value is -2.20. The highest BCUT2D eigenvalue weighted by atomic mass is 32.1. The Kier molecular flexibility index (Phi) is 6.27. The summed E-state index contributed by atoms with van der Waals surface area (Å²) >= 11 is 6.90. The lowest BCUT2D eigenvalue weighted by atomic mass is 10.0. The van der Waals surface area contributed by atoms with Crippen LogP contribution in [0.5, 0.6) is 0 Å². The van der Waals surface area contributed by atoms with E-state index in [0.717, 1.165) is 17.7 Å². The van der Waals surface area contributed by atoms with Crippen molar-refractivity contribution in [3.63, 3.8) is 0 Å². The number of piperidine rings is 1. The van der Waals surface area contributed by atoms with Gasteiger partial charge in [-0.15, -0.1) is 11.3 Å². The third-order valence-corrected chi connectivity index (χ3v) is 5.67. The number of nitrogens with one attached hydrogen (secondary N) is 2. The predicted molar refractivity (Wildman–Crippen MR) is 105 cm³/mol. The molecular formula is C17H23N5O3S2. The van der Waals surface area contributed by atoms with E-state index in [-0.39, 0.29) is 11.9 Å². The number of aromatic nitrogens is 3. The van der Waals surface area contributed by atoms with E-state index in [2.05, 4.69) is 15.5 Å². The van der Waals surface area contributed by atoms with Crippen molar-refractivity contribution in [2.75, 3.05) is 19.7 Å². The number of alkyl carbamates (subject to hydrolysis) is 1. The van der Waals surface area contributed by atoms with Crippen LogP contribution in [0.2, 0.25) is 0 Å². The molecule has 2 aromatic heterocycles. The number of likely N-dealkylation sites (tertiary alicyclic amines) is 1. The first-order chi connectivity index (χ1) is 13.0. The molecule has 0 radical (unpaired) electrons. The van der Waals surface area contributed by atoms with Crippen molar-refractivity contribution in [2.45, 2.75) is 38.8 Å². The second-order valence-corrected chi connectivity index (χ2v) is 7.70. The fraction of sp³-hybridized carbons (Fsp3) is 0.529. The van der Waals surface area contributed by atoms with Crippen molar-refractivity contribution in [1.29, 1.82) is 0 Å². The highest BCUT2D eigenvalue weighted by Crippen LogP contribution is 2.26. The number of thiophene rings is 1. The number of hydrogen-bond acceptors (Lipinski definition) is 6. The molecule has 1 aliphatic rings. The number of rotatable bonds is 5. The first kappa shape index (κ1) is 19.6. The number of ether oxygens (including phenoxy) is 1. The second-order valence-electron chi connectivity index (χ2n) is 6.36. The molecule has 3 rings (SSSR count). The minimum absolute atomic E-state index is 0.0411. The molecule has 2 amide bonds. The van der Waals surface area contributed by atoms with Crippen LogP contribution >= 0.6 is 23.6 Å². The molecule has 0 aromatic carbocycles. The Balaban J connectivity index is 1.73. The van der Waals surface area contributed by atoms with Crippen molar-refractivity contribution < 1.29 is 14.3 Å². The smallest absolute Gasteiger partial charge is 0.407 e. The number of carbonyl (C=O) groups is 2. The Morgan fingerprint density at radius 2 is 2.37 bits per heavy atom. The molecule has 1 saturated heterocycles. The number of amides is 2. The molecule has 2 aromatic rings. The summed E-state index contributed by atoms with van der Waals surface area (Å²) in [7, 11) is 0. The van der Waals surface area contributed by atoms with Gasteiger partial charge in [0.15, 0.2) is 10.6 Å². The van der Waals surface area contributed by atoms with E-state index < -0.39 is 12.1 Å². The van der Waals surface area contributed by atoms with Gasteiger partial charge in [0.2, 0.25) is 5.91 Å². The summed E-state index contributed by atoms with van der Waals surface area (Å²) in [5, 5.41) is 11.9. The van der Waals surface area contributed by atoms with Crippen molar-refractivity contribution in [3.05, 3.63) is 22.3 Å². The highest BCUT2D eigenvalue weighted by Gasteiger charge is 2.30. The van der Waals surface area contributed by atoms with Gasteiger partial charge in [0.25, 0.3) is 0 Å². The van der Waals surface area contributed by atoms with Crippen LogP contribution in [0.3, 0.4) is 0 Å². The van der Waals surface area contributed by atoms with Gasteiger partial charge in [0.05, 0.1) is 11.5 Å². The summed E-state index contributed by atoms with van der Waals surface area (Å²) < 4.78 is 7.11. The minimum Gasteiger partial charge on any atom is -0.450 e. The Labute approximate surface area is 166 Å². The zero-order chi connectivity index (χ0) is 19.4. The molecule has 27 heavy (non-hydrogen) atoms. The van der Waals surface area contributed by atoms with E-state index in [1.807, 2.05) is 24.4 Å². The lowest BCUT2D eigenvalue weighted by Crippen LogP contribution is -2.51. The number of aromatic amines is 1. The van der Waals surface area contributed by atoms with E-state index in [1.54, 1.807) is 27.7 Å². The van der Waals surface area contributed by atoms with Crippen LogP contribution in [0.1, 0.15) is 32.7 Å². The summed E-state index contributed by atoms with van der Waals surface area (Å²) in [5.41, 5.74) is 0. The summed E-state index contributed by atoms with van der Waals surface area (Å²) in [6.45, 7) is 5.03. The van der Waals surface area contributed by atoms with Crippen LogP contribution < -0.4 is 5.32 Å². The van der Waals surface area contributed by atoms with E-state index >= 15 is 0 Å². The molecule has 146 valence electrons. The molecule has 2 unspecified atom stereocenters. The zero-order valence-electron chi connectivity index (χ0n) is 15.3. The quantitative estimate of drug-likeness (QED) is 0.741. The van der Waals surface area contributed by atoms with Gasteiger partial charge in [0, 0.05) is 19.1 Å². The fourth-order valence-corrected chi connectivity index (χ4v) is 4.25. The number of carbonyl (C=O) groups excluding carboxylic acids is 2. The average molecular weight is 410 g/mol. The normalized spacial score (nSPS) is 18.1. The van der Waals surface area contributed by atoms with E-state index in [9.17, 15) is 9.59 Å². The Morgan fingerprint density at radius 3 is 3.07 bits per heavy atom. The lowest BCUT2D eigenvalue weighted by molar-refractivity contribution is -0.135. The lowest BCUT2D eigenvalue weighted by Gasteiger charge is -2.34. The molecule has 0 bridgehead atoms. The summed E-state index contributed by atoms with van der Waals surface area (Å²) in [6.07, 6.45) is 1.20. The largest absolute Gasteiger partial charge is 0.450 e. The first-order valence-electron chi connectivity index (χ1n) is 8.94. The number of H-pyrrole nitrogens is 1. The van der Waals surface area contributed by atoms with Gasteiger partial charge >= 0.3 is 6.09 Å². The van der Waals surface area contributed by atoms with E-state index in [0.29, 0.717) is 30.3 Å². The molecule has 1 fully saturated rings. The van der Waals surface area contributed by atoms with Gasteiger partial charge in [-0.05, 0) is 50.4 Å². The first-order valence-corrected chi connectivity index (χ1v) is 10.2. The molecule has 0 aliphatic carbocycles. The topological polar surface area (TPSA) is 92.2 Å².